The number of ether oxygens (including phenoxy) is 2. The second-order valence-corrected chi connectivity index (χ2v) is 16.4. The maximum absolute atomic E-state index is 12.8. The van der Waals surface area contributed by atoms with Crippen LogP contribution in [0.1, 0.15) is 239 Å². The Morgan fingerprint density at radius 3 is 1.45 bits per heavy atom. The predicted octanol–water partition coefficient (Wildman–Crippen LogP) is 12.8. The van der Waals surface area contributed by atoms with Crippen LogP contribution in [0.5, 0.6) is 0 Å². The fraction of sp³-hybridized carbons (Fsp3) is 0.957. The lowest BCUT2D eigenvalue weighted by Crippen LogP contribution is -2.35. The number of hydrogen-bond donors (Lipinski definition) is 3. The van der Waals surface area contributed by atoms with E-state index in [1.165, 1.54) is 148 Å². The lowest BCUT2D eigenvalue weighted by Gasteiger charge is -2.22. The molecular formula is C47H95N3O5. The summed E-state index contributed by atoms with van der Waals surface area (Å²) in [4.78, 5) is 26.9. The smallest absolute Gasteiger partial charge is 0.314 e. The summed E-state index contributed by atoms with van der Waals surface area (Å²) < 4.78 is 11.7. The summed E-state index contributed by atoms with van der Waals surface area (Å²) in [5.41, 5.74) is 0. The van der Waals surface area contributed by atoms with Crippen LogP contribution in [0.4, 0.5) is 4.79 Å². The summed E-state index contributed by atoms with van der Waals surface area (Å²) in [7, 11) is 1.65. The van der Waals surface area contributed by atoms with Gasteiger partial charge in [0.25, 0.3) is 0 Å². The highest BCUT2D eigenvalue weighted by atomic mass is 16.6. The summed E-state index contributed by atoms with van der Waals surface area (Å²) in [6.45, 7) is 11.3. The Hall–Kier alpha value is -1.38. The maximum Gasteiger partial charge on any atom is 0.314 e. The van der Waals surface area contributed by atoms with Crippen LogP contribution in [0.15, 0.2) is 0 Å². The first-order valence-corrected chi connectivity index (χ1v) is 24.1. The Bertz CT molecular complexity index is 785. The van der Waals surface area contributed by atoms with Crippen molar-refractivity contribution >= 4 is 12.0 Å². The Morgan fingerprint density at radius 2 is 0.945 bits per heavy atom. The van der Waals surface area contributed by atoms with Gasteiger partial charge in [-0.2, -0.15) is 0 Å². The molecule has 3 N–H and O–H groups in total. The Balaban J connectivity index is 4.28. The van der Waals surface area contributed by atoms with Crippen LogP contribution in [0, 0.1) is 0 Å². The van der Waals surface area contributed by atoms with E-state index in [1.807, 2.05) is 0 Å². The van der Waals surface area contributed by atoms with Gasteiger partial charge in [-0.05, 0) is 90.3 Å². The molecule has 0 aliphatic heterocycles. The van der Waals surface area contributed by atoms with Crippen LogP contribution in [-0.2, 0) is 14.3 Å². The fourth-order valence-corrected chi connectivity index (χ4v) is 7.42. The second-order valence-electron chi connectivity index (χ2n) is 16.4. The highest BCUT2D eigenvalue weighted by molar-refractivity contribution is 5.73. The first-order chi connectivity index (χ1) is 27.0. The standard InChI is InChI=1S/C47H95N3O5/c1-5-8-11-14-17-26-33-43-54-45(51)37-29-22-18-24-31-40-50(42-34-39-49-47(53)48-4)41-32-25-19-23-30-38-46(52)55-44(35-27-20-15-12-9-6-2)36-28-21-16-13-10-7-3/h44-45,51H,5-43H2,1-4H3,(H2,48,49,53). The lowest BCUT2D eigenvalue weighted by atomic mass is 10.0. The van der Waals surface area contributed by atoms with Gasteiger partial charge < -0.3 is 30.1 Å². The highest BCUT2D eigenvalue weighted by Gasteiger charge is 2.14. The zero-order valence-corrected chi connectivity index (χ0v) is 37.3. The summed E-state index contributed by atoms with van der Waals surface area (Å²) in [5.74, 6) is 0.0156. The molecule has 8 heteroatoms. The predicted molar refractivity (Wildman–Crippen MR) is 235 cm³/mol. The number of urea groups is 1. The molecule has 0 aromatic carbocycles. The molecule has 0 aromatic heterocycles. The number of carbonyl (C=O) groups is 2. The van der Waals surface area contributed by atoms with Gasteiger partial charge in [-0.1, -0.05) is 162 Å². The van der Waals surface area contributed by atoms with Crippen molar-refractivity contribution in [3.63, 3.8) is 0 Å². The monoisotopic (exact) mass is 782 g/mol. The number of rotatable bonds is 44. The number of nitrogens with one attached hydrogen (secondary N) is 2. The molecule has 0 fully saturated rings. The van der Waals surface area contributed by atoms with Gasteiger partial charge in [0, 0.05) is 26.6 Å². The van der Waals surface area contributed by atoms with E-state index in [0.29, 0.717) is 19.6 Å². The summed E-state index contributed by atoms with van der Waals surface area (Å²) in [6, 6.07) is -0.116. The third-order valence-electron chi connectivity index (χ3n) is 11.1. The SMILES string of the molecule is CCCCCCCCCOC(O)CCCCCCCN(CCCCCCCC(=O)OC(CCCCCCCC)CCCCCCCC)CCCNC(=O)NC. The molecule has 0 aliphatic carbocycles. The summed E-state index contributed by atoms with van der Waals surface area (Å²) in [5, 5.41) is 15.7. The normalized spacial score (nSPS) is 12.1. The van der Waals surface area contributed by atoms with E-state index in [2.05, 4.69) is 36.3 Å². The number of nitrogens with zero attached hydrogens (tertiary/aromatic N) is 1. The average molecular weight is 782 g/mol. The van der Waals surface area contributed by atoms with Crippen molar-refractivity contribution in [2.75, 3.05) is 39.8 Å². The maximum atomic E-state index is 12.8. The molecule has 8 nitrogen and oxygen atoms in total. The number of amides is 2. The molecule has 2 amide bonds. The molecule has 0 rings (SSSR count). The largest absolute Gasteiger partial charge is 0.462 e. The Morgan fingerprint density at radius 1 is 0.527 bits per heavy atom. The Labute approximate surface area is 342 Å². The number of aliphatic hydroxyl groups is 1. The van der Waals surface area contributed by atoms with Crippen molar-refractivity contribution in [1.29, 1.82) is 0 Å². The van der Waals surface area contributed by atoms with Crippen LogP contribution < -0.4 is 10.6 Å². The van der Waals surface area contributed by atoms with Crippen LogP contribution in [0.3, 0.4) is 0 Å². The zero-order valence-electron chi connectivity index (χ0n) is 37.3. The number of aliphatic hydroxyl groups excluding tert-OH is 1. The van der Waals surface area contributed by atoms with E-state index in [-0.39, 0.29) is 18.1 Å². The number of esters is 1. The molecule has 0 saturated heterocycles. The van der Waals surface area contributed by atoms with Crippen LogP contribution in [-0.4, -0.2) is 74.2 Å². The molecule has 0 aromatic rings. The highest BCUT2D eigenvalue weighted by Crippen LogP contribution is 2.19. The van der Waals surface area contributed by atoms with Gasteiger partial charge in [0.05, 0.1) is 0 Å². The van der Waals surface area contributed by atoms with Gasteiger partial charge >= 0.3 is 12.0 Å². The molecule has 0 spiro atoms. The molecule has 0 heterocycles. The first-order valence-electron chi connectivity index (χ1n) is 24.1. The number of hydrogen-bond acceptors (Lipinski definition) is 6. The quantitative estimate of drug-likeness (QED) is 0.0323. The molecule has 328 valence electrons. The van der Waals surface area contributed by atoms with Crippen LogP contribution in [0.25, 0.3) is 0 Å². The number of carbonyl (C=O) groups excluding carboxylic acids is 2. The molecule has 0 saturated carbocycles. The van der Waals surface area contributed by atoms with Crippen molar-refractivity contribution in [2.45, 2.75) is 251 Å². The molecule has 1 atom stereocenters. The number of unbranched alkanes of at least 4 members (excludes halogenated alkanes) is 24. The van der Waals surface area contributed by atoms with E-state index in [0.717, 1.165) is 83.8 Å². The van der Waals surface area contributed by atoms with Crippen molar-refractivity contribution in [2.24, 2.45) is 0 Å². The van der Waals surface area contributed by atoms with Gasteiger partial charge in [-0.25, -0.2) is 4.79 Å². The van der Waals surface area contributed by atoms with Gasteiger partial charge in [-0.15, -0.1) is 0 Å². The molecule has 0 aliphatic rings. The molecular weight excluding hydrogens is 687 g/mol. The minimum absolute atomic E-state index is 0.0156. The minimum atomic E-state index is -0.611. The van der Waals surface area contributed by atoms with E-state index >= 15 is 0 Å². The topological polar surface area (TPSA) is 100 Å². The van der Waals surface area contributed by atoms with Crippen LogP contribution in [0.2, 0.25) is 0 Å². The van der Waals surface area contributed by atoms with Gasteiger partial charge in [0.15, 0.2) is 6.29 Å². The summed E-state index contributed by atoms with van der Waals surface area (Å²) >= 11 is 0. The third-order valence-corrected chi connectivity index (χ3v) is 11.1. The molecule has 55 heavy (non-hydrogen) atoms. The van der Waals surface area contributed by atoms with Crippen molar-refractivity contribution in [1.82, 2.24) is 15.5 Å². The van der Waals surface area contributed by atoms with E-state index in [1.54, 1.807) is 7.05 Å². The molecule has 0 radical (unpaired) electrons. The van der Waals surface area contributed by atoms with Gasteiger partial charge in [0.1, 0.15) is 6.10 Å². The fourth-order valence-electron chi connectivity index (χ4n) is 7.42. The molecule has 1 unspecified atom stereocenters. The van der Waals surface area contributed by atoms with Crippen molar-refractivity contribution in [3.05, 3.63) is 0 Å². The van der Waals surface area contributed by atoms with E-state index in [4.69, 9.17) is 9.47 Å². The van der Waals surface area contributed by atoms with Crippen molar-refractivity contribution < 1.29 is 24.2 Å². The van der Waals surface area contributed by atoms with Crippen molar-refractivity contribution in [3.8, 4) is 0 Å². The van der Waals surface area contributed by atoms with E-state index < -0.39 is 6.29 Å². The van der Waals surface area contributed by atoms with Gasteiger partial charge in [0.2, 0.25) is 0 Å². The Kier molecular flexibility index (Phi) is 42.6. The van der Waals surface area contributed by atoms with Crippen LogP contribution >= 0.6 is 0 Å². The third kappa shape index (κ3) is 40.6. The minimum Gasteiger partial charge on any atom is -0.462 e. The van der Waals surface area contributed by atoms with E-state index in [9.17, 15) is 14.7 Å². The summed E-state index contributed by atoms with van der Waals surface area (Å²) in [6.07, 6.45) is 39.3. The average Bonchev–Trinajstić information content (AvgIpc) is 3.18. The first kappa shape index (κ1) is 53.6. The lowest BCUT2D eigenvalue weighted by molar-refractivity contribution is -0.150. The second kappa shape index (κ2) is 43.7. The molecule has 0 bridgehead atoms. The zero-order chi connectivity index (χ0) is 40.3. The van der Waals surface area contributed by atoms with Gasteiger partial charge in [-0.3, -0.25) is 4.79 Å².